The normalized spacial score (nSPS) is 16.0. The van der Waals surface area contributed by atoms with Crippen LogP contribution in [0.5, 0.6) is 0 Å². The molecule has 1 saturated heterocycles. The van der Waals surface area contributed by atoms with Crippen LogP contribution >= 0.6 is 0 Å². The third-order valence-electron chi connectivity index (χ3n) is 3.62. The Morgan fingerprint density at radius 1 is 1.12 bits per heavy atom. The van der Waals surface area contributed by atoms with E-state index in [1.165, 1.54) is 0 Å². The zero-order valence-electron chi connectivity index (χ0n) is 11.5. The molecule has 0 atom stereocenters. The minimum atomic E-state index is 0.239. The second kappa shape index (κ2) is 7.67. The van der Waals surface area contributed by atoms with Gasteiger partial charge in [0.2, 0.25) is 5.91 Å². The van der Waals surface area contributed by atoms with Crippen molar-refractivity contribution in [3.63, 3.8) is 0 Å². The Morgan fingerprint density at radius 3 is 2.18 bits per heavy atom. The van der Waals surface area contributed by atoms with Crippen LogP contribution in [-0.2, 0) is 4.79 Å². The summed E-state index contributed by atoms with van der Waals surface area (Å²) in [5, 5.41) is 3.16. The third kappa shape index (κ3) is 4.28. The van der Waals surface area contributed by atoms with Crippen molar-refractivity contribution in [1.82, 2.24) is 15.1 Å². The van der Waals surface area contributed by atoms with Crippen LogP contribution in [0, 0.1) is 5.92 Å². The highest BCUT2D eigenvalue weighted by Crippen LogP contribution is 2.08. The highest BCUT2D eigenvalue weighted by Gasteiger charge is 2.28. The fourth-order valence-electron chi connectivity index (χ4n) is 2.17. The molecule has 1 aliphatic rings. The van der Waals surface area contributed by atoms with E-state index in [4.69, 9.17) is 0 Å². The predicted octanol–water partition coefficient (Wildman–Crippen LogP) is 0.786. The number of hydrogen-bond acceptors (Lipinski definition) is 3. The van der Waals surface area contributed by atoms with E-state index in [0.29, 0.717) is 5.91 Å². The summed E-state index contributed by atoms with van der Waals surface area (Å²) in [4.78, 5) is 16.5. The van der Waals surface area contributed by atoms with E-state index in [1.807, 2.05) is 4.90 Å². The van der Waals surface area contributed by atoms with Crippen LogP contribution in [0.25, 0.3) is 0 Å². The lowest BCUT2D eigenvalue weighted by molar-refractivity contribution is -0.137. The molecule has 0 saturated carbocycles. The van der Waals surface area contributed by atoms with Gasteiger partial charge in [0.05, 0.1) is 5.92 Å². The van der Waals surface area contributed by atoms with Crippen molar-refractivity contribution >= 4 is 5.91 Å². The van der Waals surface area contributed by atoms with Gasteiger partial charge in [-0.2, -0.15) is 0 Å². The Kier molecular flexibility index (Phi) is 6.52. The van der Waals surface area contributed by atoms with E-state index in [0.717, 1.165) is 52.2 Å². The third-order valence-corrected chi connectivity index (χ3v) is 3.62. The quantitative estimate of drug-likeness (QED) is 0.682. The Balaban J connectivity index is 2.24. The van der Waals surface area contributed by atoms with Crippen molar-refractivity contribution in [3.05, 3.63) is 0 Å². The largest absolute Gasteiger partial charge is 0.343 e. The summed E-state index contributed by atoms with van der Waals surface area (Å²) in [6.45, 7) is 13.2. The first-order valence-corrected chi connectivity index (χ1v) is 6.94. The standard InChI is InChI=1S/C13H27N3O/c1-4-15(5-2)8-7-9-16(6-3)13(17)12-10-14-11-12/h12,14H,4-11H2,1-3H3. The molecule has 1 heterocycles. The predicted molar refractivity (Wildman–Crippen MR) is 71.0 cm³/mol. The number of nitrogens with one attached hydrogen (secondary N) is 1. The second-order valence-corrected chi connectivity index (χ2v) is 4.65. The molecule has 4 heteroatoms. The van der Waals surface area contributed by atoms with Gasteiger partial charge < -0.3 is 15.1 Å². The summed E-state index contributed by atoms with van der Waals surface area (Å²) < 4.78 is 0. The molecule has 0 bridgehead atoms. The molecule has 0 spiro atoms. The average molecular weight is 241 g/mol. The molecule has 1 N–H and O–H groups in total. The number of hydrogen-bond donors (Lipinski definition) is 1. The highest BCUT2D eigenvalue weighted by molar-refractivity contribution is 5.80. The molecular weight excluding hydrogens is 214 g/mol. The zero-order chi connectivity index (χ0) is 12.7. The molecule has 0 aliphatic carbocycles. The van der Waals surface area contributed by atoms with E-state index in [1.54, 1.807) is 0 Å². The molecule has 1 amide bonds. The molecule has 1 fully saturated rings. The van der Waals surface area contributed by atoms with Gasteiger partial charge in [0, 0.05) is 26.2 Å². The molecular formula is C13H27N3O. The maximum atomic E-state index is 12.0. The van der Waals surface area contributed by atoms with Crippen LogP contribution in [0.3, 0.4) is 0 Å². The smallest absolute Gasteiger partial charge is 0.228 e. The van der Waals surface area contributed by atoms with Crippen molar-refractivity contribution in [2.24, 2.45) is 5.92 Å². The van der Waals surface area contributed by atoms with Crippen molar-refractivity contribution < 1.29 is 4.79 Å². The summed E-state index contributed by atoms with van der Waals surface area (Å²) >= 11 is 0. The summed E-state index contributed by atoms with van der Waals surface area (Å²) in [6.07, 6.45) is 1.08. The maximum Gasteiger partial charge on any atom is 0.228 e. The van der Waals surface area contributed by atoms with Gasteiger partial charge in [-0.1, -0.05) is 13.8 Å². The van der Waals surface area contributed by atoms with Gasteiger partial charge in [0.25, 0.3) is 0 Å². The van der Waals surface area contributed by atoms with Gasteiger partial charge in [-0.25, -0.2) is 0 Å². The SMILES string of the molecule is CCN(CC)CCCN(CC)C(=O)C1CNC1. The van der Waals surface area contributed by atoms with Crippen LogP contribution in [0.15, 0.2) is 0 Å². The summed E-state index contributed by atoms with van der Waals surface area (Å²) in [5.74, 6) is 0.578. The van der Waals surface area contributed by atoms with Crippen molar-refractivity contribution in [3.8, 4) is 0 Å². The van der Waals surface area contributed by atoms with Crippen molar-refractivity contribution in [1.29, 1.82) is 0 Å². The highest BCUT2D eigenvalue weighted by atomic mass is 16.2. The number of nitrogens with zero attached hydrogens (tertiary/aromatic N) is 2. The Morgan fingerprint density at radius 2 is 1.76 bits per heavy atom. The Labute approximate surface area is 105 Å². The number of amides is 1. The van der Waals surface area contributed by atoms with Gasteiger partial charge in [-0.3, -0.25) is 4.79 Å². The van der Waals surface area contributed by atoms with Crippen molar-refractivity contribution in [2.75, 3.05) is 45.8 Å². The lowest BCUT2D eigenvalue weighted by atomic mass is 10.0. The Bertz CT molecular complexity index is 225. The molecule has 1 aliphatic heterocycles. The van der Waals surface area contributed by atoms with E-state index in [9.17, 15) is 4.79 Å². The molecule has 0 radical (unpaired) electrons. The lowest BCUT2D eigenvalue weighted by Gasteiger charge is -2.32. The topological polar surface area (TPSA) is 35.6 Å². The minimum Gasteiger partial charge on any atom is -0.343 e. The summed E-state index contributed by atoms with van der Waals surface area (Å²) in [5.41, 5.74) is 0. The van der Waals surface area contributed by atoms with E-state index < -0.39 is 0 Å². The molecule has 0 unspecified atom stereocenters. The van der Waals surface area contributed by atoms with Crippen LogP contribution in [0.2, 0.25) is 0 Å². The first kappa shape index (κ1) is 14.5. The fourth-order valence-corrected chi connectivity index (χ4v) is 2.17. The first-order valence-electron chi connectivity index (χ1n) is 6.94. The maximum absolute atomic E-state index is 12.0. The van der Waals surface area contributed by atoms with Crippen LogP contribution in [-0.4, -0.2) is 61.5 Å². The average Bonchev–Trinajstić information content (AvgIpc) is 2.27. The first-order chi connectivity index (χ1) is 8.22. The number of rotatable bonds is 8. The van der Waals surface area contributed by atoms with Gasteiger partial charge in [-0.15, -0.1) is 0 Å². The van der Waals surface area contributed by atoms with E-state index in [-0.39, 0.29) is 5.92 Å². The van der Waals surface area contributed by atoms with Gasteiger partial charge >= 0.3 is 0 Å². The molecule has 0 aromatic heterocycles. The second-order valence-electron chi connectivity index (χ2n) is 4.65. The molecule has 0 aromatic carbocycles. The molecule has 1 rings (SSSR count). The molecule has 4 nitrogen and oxygen atoms in total. The molecule has 100 valence electrons. The van der Waals surface area contributed by atoms with Gasteiger partial charge in [0.15, 0.2) is 0 Å². The van der Waals surface area contributed by atoms with Crippen LogP contribution < -0.4 is 5.32 Å². The van der Waals surface area contributed by atoms with E-state index in [2.05, 4.69) is 31.0 Å². The summed E-state index contributed by atoms with van der Waals surface area (Å²) in [7, 11) is 0. The lowest BCUT2D eigenvalue weighted by Crippen LogP contribution is -2.52. The van der Waals surface area contributed by atoms with Gasteiger partial charge in [-0.05, 0) is 33.0 Å². The summed E-state index contributed by atoms with van der Waals surface area (Å²) in [6, 6.07) is 0. The van der Waals surface area contributed by atoms with Crippen LogP contribution in [0.4, 0.5) is 0 Å². The van der Waals surface area contributed by atoms with Crippen molar-refractivity contribution in [2.45, 2.75) is 27.2 Å². The fraction of sp³-hybridized carbons (Fsp3) is 0.923. The monoisotopic (exact) mass is 241 g/mol. The Hall–Kier alpha value is -0.610. The molecule has 17 heavy (non-hydrogen) atoms. The molecule has 0 aromatic rings. The minimum absolute atomic E-state index is 0.239. The number of carbonyl (C=O) groups is 1. The number of carbonyl (C=O) groups excluding carboxylic acids is 1. The zero-order valence-corrected chi connectivity index (χ0v) is 11.5. The van der Waals surface area contributed by atoms with Crippen LogP contribution in [0.1, 0.15) is 27.2 Å². The van der Waals surface area contributed by atoms with E-state index >= 15 is 0 Å². The van der Waals surface area contributed by atoms with Gasteiger partial charge in [0.1, 0.15) is 0 Å².